The third-order valence-corrected chi connectivity index (χ3v) is 0. The summed E-state index contributed by atoms with van der Waals surface area (Å²) in [6.07, 6.45) is 0. The average Bonchev–Trinajstić information content (AvgIpc) is 0.811. The van der Waals surface area contributed by atoms with Gasteiger partial charge in [0.05, 0.1) is 0 Å². The molecule has 0 unspecified atom stereocenters. The zero-order chi connectivity index (χ0) is 3.58. The number of rotatable bonds is 0. The van der Waals surface area contributed by atoms with Crippen molar-refractivity contribution in [3.05, 3.63) is 0 Å². The van der Waals surface area contributed by atoms with Gasteiger partial charge in [-0.25, -0.2) is 0 Å². The third-order valence-electron chi connectivity index (χ3n) is 0. The first kappa shape index (κ1) is 10.1. The van der Waals surface area contributed by atoms with Gasteiger partial charge in [0.15, 0.2) is 0 Å². The Labute approximate surface area is 80.5 Å². The summed E-state index contributed by atoms with van der Waals surface area (Å²) in [5.41, 5.74) is 0. The van der Waals surface area contributed by atoms with E-state index in [0.29, 0.717) is 0 Å². The molecule has 3 nitrogen and oxygen atoms in total. The minimum absolute atomic E-state index is 0. The summed E-state index contributed by atoms with van der Waals surface area (Å²) in [5.74, 6) is 0. The Kier molecular flexibility index (Phi) is 12.3. The Morgan fingerprint density at radius 3 is 1.60 bits per heavy atom. The Morgan fingerprint density at radius 1 is 1.60 bits per heavy atom. The van der Waals surface area contributed by atoms with Crippen LogP contribution in [0.1, 0.15) is 2.85 Å². The predicted octanol–water partition coefficient (Wildman–Crippen LogP) is -1.77. The summed E-state index contributed by atoms with van der Waals surface area (Å²) < 4.78 is 23.3. The van der Waals surface area contributed by atoms with Crippen molar-refractivity contribution in [3.63, 3.8) is 0 Å². The second kappa shape index (κ2) is 6.08. The molecule has 5 heteroatoms. The van der Waals surface area contributed by atoms with E-state index >= 15 is 0 Å². The molecular weight excluding hydrogens is 313 g/mol. The summed E-state index contributed by atoms with van der Waals surface area (Å²) in [7, 11) is 0. The first-order chi connectivity index (χ1) is 1.73. The van der Waals surface area contributed by atoms with E-state index in [0.717, 1.165) is 0 Å². The van der Waals surface area contributed by atoms with E-state index in [1.165, 1.54) is 0 Å². The molecule has 30 valence electrons. The summed E-state index contributed by atoms with van der Waals surface area (Å²) in [6.45, 7) is 0. The molecule has 0 saturated heterocycles. The van der Waals surface area contributed by atoms with E-state index < -0.39 is 20.4 Å². The van der Waals surface area contributed by atoms with E-state index in [1.807, 2.05) is 0 Å². The van der Waals surface area contributed by atoms with Gasteiger partial charge in [0.25, 0.3) is 0 Å². The third kappa shape index (κ3) is 23.4. The molecule has 0 aliphatic carbocycles. The van der Waals surface area contributed by atoms with Crippen molar-refractivity contribution in [1.29, 1.82) is 0 Å². The average molecular weight is 317 g/mol. The molecule has 0 amide bonds. The molecule has 0 radical (unpaired) electrons. The molecule has 0 aromatic carbocycles. The fourth-order valence-corrected chi connectivity index (χ4v) is 0. The van der Waals surface area contributed by atoms with Crippen LogP contribution in [0.4, 0.5) is 0 Å². The maximum atomic E-state index is 8.81. The minimum Gasteiger partial charge on any atom is -1.00 e. The van der Waals surface area contributed by atoms with Crippen LogP contribution in [0.15, 0.2) is 0 Å². The molecule has 0 aliphatic rings. The second-order valence-electron chi connectivity index (χ2n) is 0.231. The van der Waals surface area contributed by atoms with Crippen molar-refractivity contribution in [2.24, 2.45) is 0 Å². The van der Waals surface area contributed by atoms with Crippen molar-refractivity contribution < 1.29 is 12.9 Å². The molecule has 0 aromatic heterocycles. The number of hydrogen-bond donors (Lipinski definition) is 2. The quantitative estimate of drug-likeness (QED) is 0.520. The topological polar surface area (TPSA) is 57.5 Å². The van der Waals surface area contributed by atoms with Gasteiger partial charge in [0.2, 0.25) is 0 Å². The largest absolute Gasteiger partial charge is 2.00 e. The molecule has 0 heterocycles. The van der Waals surface area contributed by atoms with Gasteiger partial charge in [-0.15, -0.1) is 0 Å². The van der Waals surface area contributed by atoms with Crippen LogP contribution in [0.25, 0.3) is 0 Å². The molecule has 2 N–H and O–H groups in total. The monoisotopic (exact) mass is 320 g/mol. The van der Waals surface area contributed by atoms with Crippen LogP contribution in [0.5, 0.6) is 0 Å². The van der Waals surface area contributed by atoms with Crippen LogP contribution in [-0.2, 0) is 3.10 Å². The van der Waals surface area contributed by atoms with Crippen molar-refractivity contribution in [3.8, 4) is 0 Å². The van der Waals surface area contributed by atoms with Crippen LogP contribution in [0.3, 0.4) is 0 Å². The fraction of sp³-hybridized carbons (Fsp3) is 0. The Hall–Kier alpha value is 2.08. The van der Waals surface area contributed by atoms with Crippen LogP contribution in [-0.4, -0.2) is 76.2 Å². The van der Waals surface area contributed by atoms with Crippen molar-refractivity contribution >= 4 is 69.2 Å². The number of hydrogen-bond acceptors (Lipinski definition) is 1. The van der Waals surface area contributed by atoms with Crippen LogP contribution >= 0.6 is 0 Å². The van der Waals surface area contributed by atoms with Crippen molar-refractivity contribution in [2.45, 2.75) is 0 Å². The molecule has 5 heavy (non-hydrogen) atoms. The molecule has 0 bridgehead atoms. The first-order valence-corrected chi connectivity index (χ1v) is 3.57. The second-order valence-corrected chi connectivity index (χ2v) is 1.55. The zero-order valence-electron chi connectivity index (χ0n) is 4.42. The summed E-state index contributed by atoms with van der Waals surface area (Å²) in [6, 6.07) is 0. The van der Waals surface area contributed by atoms with E-state index in [4.69, 9.17) is 10.0 Å². The van der Waals surface area contributed by atoms with Crippen LogP contribution in [0, 0.1) is 0 Å². The smallest absolute Gasteiger partial charge is 1.00 e. The maximum absolute atomic E-state index is 8.81. The normalized spacial score (nSPS) is 7.00. The van der Waals surface area contributed by atoms with Gasteiger partial charge in [-0.05, 0) is 0 Å². The molecule has 0 spiro atoms. The fourth-order valence-electron chi connectivity index (χ4n) is 0. The van der Waals surface area contributed by atoms with E-state index in [1.54, 1.807) is 0 Å². The summed E-state index contributed by atoms with van der Waals surface area (Å²) >= 11 is -3.61. The van der Waals surface area contributed by atoms with Gasteiger partial charge in [0, 0.05) is 0 Å². The van der Waals surface area contributed by atoms with Crippen molar-refractivity contribution in [2.75, 3.05) is 0 Å². The van der Waals surface area contributed by atoms with Gasteiger partial charge in [-0.2, -0.15) is 0 Å². The molecular formula is H4BaO3Te. The summed E-state index contributed by atoms with van der Waals surface area (Å²) in [4.78, 5) is 0. The Bertz CT molecular complexity index is 35.9. The van der Waals surface area contributed by atoms with Gasteiger partial charge in [-0.1, -0.05) is 0 Å². The van der Waals surface area contributed by atoms with E-state index in [-0.39, 0.29) is 51.7 Å². The SMILES string of the molecule is O=[Te](O)O.[Ba+2].[H-].[H-]. The van der Waals surface area contributed by atoms with Gasteiger partial charge >= 0.3 is 79.3 Å². The molecule has 0 saturated carbocycles. The molecule has 0 aliphatic heterocycles. The maximum Gasteiger partial charge on any atom is 2.00 e. The van der Waals surface area contributed by atoms with Crippen molar-refractivity contribution in [1.82, 2.24) is 0 Å². The molecule has 0 atom stereocenters. The van der Waals surface area contributed by atoms with Crippen LogP contribution < -0.4 is 0 Å². The van der Waals surface area contributed by atoms with Gasteiger partial charge in [-0.3, -0.25) is 0 Å². The van der Waals surface area contributed by atoms with Crippen LogP contribution in [0.2, 0.25) is 0 Å². The minimum atomic E-state index is -3.61. The Balaban J connectivity index is -0.0000000150. The first-order valence-electron chi connectivity index (χ1n) is 0.532. The van der Waals surface area contributed by atoms with E-state index in [9.17, 15) is 0 Å². The van der Waals surface area contributed by atoms with Gasteiger partial charge in [0.1, 0.15) is 0 Å². The molecule has 0 rings (SSSR count). The standard InChI is InChI=1S/Ba.H2O3Te.2H/c;1-4(2)3;;/h;(H2,1,2,3);;/q+2;;2*-1. The molecule has 0 aromatic rings. The Morgan fingerprint density at radius 2 is 1.60 bits per heavy atom. The van der Waals surface area contributed by atoms with E-state index in [2.05, 4.69) is 0 Å². The zero-order valence-corrected chi connectivity index (χ0v) is 9.19. The summed E-state index contributed by atoms with van der Waals surface area (Å²) in [5, 5.41) is 0. The predicted molar refractivity (Wildman–Crippen MR) is 18.9 cm³/mol. The molecule has 0 fully saturated rings. The van der Waals surface area contributed by atoms with Gasteiger partial charge < -0.3 is 2.85 Å².